The van der Waals surface area contributed by atoms with Gasteiger partial charge in [0.05, 0.1) is 6.10 Å². The van der Waals surface area contributed by atoms with Crippen LogP contribution in [0.15, 0.2) is 23.5 Å². The van der Waals surface area contributed by atoms with Gasteiger partial charge >= 0.3 is 0 Å². The molecule has 2 heteroatoms. The Morgan fingerprint density at radius 2 is 2.23 bits per heavy atom. The molecule has 1 rings (SSSR count). The first-order valence-corrected chi connectivity index (χ1v) is 5.00. The summed E-state index contributed by atoms with van der Waals surface area (Å²) in [5.41, 5.74) is 1.17. The highest BCUT2D eigenvalue weighted by atomic mass is 16.4. The van der Waals surface area contributed by atoms with Crippen LogP contribution in [-0.4, -0.2) is 16.3 Å². The number of hydrogen-bond acceptors (Lipinski definition) is 2. The number of hydrogen-bond donors (Lipinski definition) is 2. The van der Waals surface area contributed by atoms with E-state index in [1.807, 2.05) is 0 Å². The van der Waals surface area contributed by atoms with Crippen molar-refractivity contribution in [1.29, 1.82) is 0 Å². The molecule has 0 aliphatic heterocycles. The lowest BCUT2D eigenvalue weighted by atomic mass is 10.2. The van der Waals surface area contributed by atoms with Crippen LogP contribution in [0.2, 0.25) is 0 Å². The Morgan fingerprint density at radius 1 is 1.46 bits per heavy atom. The number of allylic oxidation sites excluding steroid dienone is 1. The van der Waals surface area contributed by atoms with E-state index >= 15 is 0 Å². The van der Waals surface area contributed by atoms with Crippen LogP contribution >= 0.6 is 0 Å². The third-order valence-corrected chi connectivity index (χ3v) is 2.29. The molecule has 0 heterocycles. The van der Waals surface area contributed by atoms with Gasteiger partial charge in [0.25, 0.3) is 0 Å². The monoisotopic (exact) mass is 188 g/mol. The Labute approximate surface area is 79.6 Å². The van der Waals surface area contributed by atoms with Crippen LogP contribution < -0.4 is 0 Å². The molecule has 0 fully saturated rings. The van der Waals surface area contributed by atoms with Gasteiger partial charge in [-0.25, -0.2) is 0 Å². The molecule has 0 amide bonds. The molecule has 0 aromatic heterocycles. The van der Waals surface area contributed by atoms with Gasteiger partial charge in [0, 0.05) is 0 Å². The third kappa shape index (κ3) is 3.64. The predicted molar refractivity (Wildman–Crippen MR) is 53.6 cm³/mol. The van der Waals surface area contributed by atoms with Crippen molar-refractivity contribution in [2.45, 2.75) is 45.1 Å². The molecule has 0 aromatic rings. The van der Waals surface area contributed by atoms with Gasteiger partial charge < -0.3 is 10.2 Å². The van der Waals surface area contributed by atoms with E-state index in [0.29, 0.717) is 6.42 Å². The summed E-state index contributed by atoms with van der Waals surface area (Å²) in [4.78, 5) is 0. The molecule has 0 radical (unpaired) electrons. The molecule has 1 unspecified atom stereocenters. The van der Waals surface area contributed by atoms with Gasteiger partial charge in [0.1, 0.15) is 5.76 Å². The normalized spacial score (nSPS) is 22.5. The molecule has 1 atom stereocenters. The molecule has 74 valence electrons. The van der Waals surface area contributed by atoms with Gasteiger partial charge in [-0.05, 0) is 31.4 Å². The number of rotatable bonds is 4. The van der Waals surface area contributed by atoms with Crippen LogP contribution in [0.5, 0.6) is 0 Å². The number of aliphatic hydroxyl groups is 2. The van der Waals surface area contributed by atoms with Crippen molar-refractivity contribution in [3.63, 3.8) is 0 Å². The molecule has 1 aliphatic rings. The molecule has 0 bridgehead atoms. The molecule has 1 aliphatic carbocycles. The lowest BCUT2D eigenvalue weighted by Crippen LogP contribution is -2.09. The standard InChI is InChI=1S/C11H18O2/c1-2-3-4-5-9-6-10(12)8-11(13)7-9/h6,8,11-13H,2-5,7H2,1H3/i6+1,7+1,8+1,9+1,10+1,11+1. The van der Waals surface area contributed by atoms with Crippen LogP contribution in [0.1, 0.15) is 39.0 Å². The van der Waals surface area contributed by atoms with E-state index in [-0.39, 0.29) is 5.76 Å². The zero-order valence-corrected chi connectivity index (χ0v) is 8.16. The van der Waals surface area contributed by atoms with E-state index in [1.165, 1.54) is 24.5 Å². The van der Waals surface area contributed by atoms with Crippen molar-refractivity contribution in [2.75, 3.05) is 0 Å². The van der Waals surface area contributed by atoms with E-state index in [9.17, 15) is 10.2 Å². The van der Waals surface area contributed by atoms with E-state index in [1.54, 1.807) is 6.08 Å². The van der Waals surface area contributed by atoms with E-state index < -0.39 is 6.10 Å². The molecule has 0 aromatic carbocycles. The second-order valence-electron chi connectivity index (χ2n) is 3.62. The van der Waals surface area contributed by atoms with Crippen molar-refractivity contribution in [1.82, 2.24) is 0 Å². The van der Waals surface area contributed by atoms with Crippen LogP contribution in [0, 0.1) is 0 Å². The molecule has 2 nitrogen and oxygen atoms in total. The number of unbranched alkanes of at least 4 members (excludes halogenated alkanes) is 2. The average molecular weight is 188 g/mol. The molecular formula is C11H18O2. The van der Waals surface area contributed by atoms with E-state index in [0.717, 1.165) is 12.8 Å². The zero-order chi connectivity index (χ0) is 9.68. The second-order valence-corrected chi connectivity index (χ2v) is 3.62. The zero-order valence-electron chi connectivity index (χ0n) is 8.16. The fourth-order valence-electron chi connectivity index (χ4n) is 1.62. The fraction of sp³-hybridized carbons (Fsp3) is 0.636. The highest BCUT2D eigenvalue weighted by molar-refractivity contribution is 5.24. The highest BCUT2D eigenvalue weighted by Gasteiger charge is 2.11. The van der Waals surface area contributed by atoms with Crippen molar-refractivity contribution >= 4 is 0 Å². The summed E-state index contributed by atoms with van der Waals surface area (Å²) in [6.07, 6.45) is 8.06. The molecule has 0 saturated heterocycles. The third-order valence-electron chi connectivity index (χ3n) is 2.29. The first-order chi connectivity index (χ1) is 6.22. The summed E-state index contributed by atoms with van der Waals surface area (Å²) in [5.74, 6) is 0.213. The summed E-state index contributed by atoms with van der Waals surface area (Å²) < 4.78 is 0. The summed E-state index contributed by atoms with van der Waals surface area (Å²) in [5, 5.41) is 18.6. The van der Waals surface area contributed by atoms with Gasteiger partial charge in [-0.1, -0.05) is 25.3 Å². The molecule has 0 saturated carbocycles. The lowest BCUT2D eigenvalue weighted by Gasteiger charge is -2.15. The van der Waals surface area contributed by atoms with E-state index in [4.69, 9.17) is 0 Å². The Hall–Kier alpha value is -0.760. The molecule has 2 N–H and O–H groups in total. The number of aliphatic hydroxyl groups excluding tert-OH is 2. The van der Waals surface area contributed by atoms with Crippen molar-refractivity contribution < 1.29 is 10.2 Å². The second kappa shape index (κ2) is 5.07. The summed E-state index contributed by atoms with van der Waals surface area (Å²) in [6.45, 7) is 2.17. The average Bonchev–Trinajstić information content (AvgIpc) is 2.03. The Balaban J connectivity index is 2.37. The van der Waals surface area contributed by atoms with Crippen molar-refractivity contribution in [2.24, 2.45) is 0 Å². The van der Waals surface area contributed by atoms with E-state index in [2.05, 4.69) is 6.92 Å². The van der Waals surface area contributed by atoms with Crippen LogP contribution in [0.3, 0.4) is 0 Å². The first-order valence-electron chi connectivity index (χ1n) is 5.00. The van der Waals surface area contributed by atoms with Gasteiger partial charge in [-0.3, -0.25) is 0 Å². The molecule has 0 spiro atoms. The van der Waals surface area contributed by atoms with Gasteiger partial charge in [-0.2, -0.15) is 0 Å². The van der Waals surface area contributed by atoms with Gasteiger partial charge in [0.2, 0.25) is 0 Å². The SMILES string of the molecule is CCCCC[13C]1=[13CH][13C](O)=[13CH][13CH](O)[13CH2]1. The Morgan fingerprint density at radius 3 is 2.85 bits per heavy atom. The molecular weight excluding hydrogens is 170 g/mol. The van der Waals surface area contributed by atoms with Gasteiger partial charge in [0.15, 0.2) is 0 Å². The lowest BCUT2D eigenvalue weighted by molar-refractivity contribution is 0.213. The van der Waals surface area contributed by atoms with Gasteiger partial charge in [-0.15, -0.1) is 0 Å². The maximum Gasteiger partial charge on any atom is 0.114 e. The summed E-state index contributed by atoms with van der Waals surface area (Å²) in [7, 11) is 0. The van der Waals surface area contributed by atoms with Crippen molar-refractivity contribution in [3.8, 4) is 0 Å². The summed E-state index contributed by atoms with van der Waals surface area (Å²) >= 11 is 0. The smallest absolute Gasteiger partial charge is 0.114 e. The highest BCUT2D eigenvalue weighted by Crippen LogP contribution is 2.21. The summed E-state index contributed by atoms with van der Waals surface area (Å²) in [6, 6.07) is 0. The Bertz CT molecular complexity index is 216. The maximum atomic E-state index is 9.33. The minimum Gasteiger partial charge on any atom is -0.508 e. The predicted octanol–water partition coefficient (Wildman–Crippen LogP) is 2.70. The Kier molecular flexibility index (Phi) is 4.03. The van der Waals surface area contributed by atoms with Crippen LogP contribution in [0.4, 0.5) is 0 Å². The maximum absolute atomic E-state index is 9.33. The molecule has 13 heavy (non-hydrogen) atoms. The van der Waals surface area contributed by atoms with Crippen LogP contribution in [0.25, 0.3) is 0 Å². The van der Waals surface area contributed by atoms with Crippen molar-refractivity contribution in [3.05, 3.63) is 23.5 Å². The largest absolute Gasteiger partial charge is 0.508 e. The minimum absolute atomic E-state index is 0.213. The minimum atomic E-state index is -0.485. The van der Waals surface area contributed by atoms with Crippen LogP contribution in [-0.2, 0) is 0 Å². The quantitative estimate of drug-likeness (QED) is 0.526. The fourth-order valence-corrected chi connectivity index (χ4v) is 1.62. The topological polar surface area (TPSA) is 40.5 Å². The first kappa shape index (κ1) is 10.3.